The van der Waals surface area contributed by atoms with Crippen molar-refractivity contribution in [1.82, 2.24) is 30.6 Å². The molecule has 0 amide bonds. The van der Waals surface area contributed by atoms with Crippen molar-refractivity contribution < 1.29 is 9.26 Å². The van der Waals surface area contributed by atoms with Gasteiger partial charge in [-0.25, -0.2) is 14.7 Å². The van der Waals surface area contributed by atoms with Crippen molar-refractivity contribution in [2.45, 2.75) is 58.8 Å². The number of methoxy groups -OCH3 is 1. The second kappa shape index (κ2) is 10.6. The Labute approximate surface area is 176 Å². The average molecular weight is 489 g/mol. The molecule has 0 aliphatic carbocycles. The minimum atomic E-state index is 0. The minimum absolute atomic E-state index is 0. The van der Waals surface area contributed by atoms with Crippen molar-refractivity contribution in [3.8, 4) is 0 Å². The minimum Gasteiger partial charge on any atom is -0.377 e. The van der Waals surface area contributed by atoms with Gasteiger partial charge in [-0.05, 0) is 19.8 Å². The topological polar surface area (TPSA) is 102 Å². The van der Waals surface area contributed by atoms with Crippen LogP contribution < -0.4 is 10.6 Å². The lowest BCUT2D eigenvalue weighted by Gasteiger charge is -2.25. The number of hydrogen-bond donors (Lipinski definition) is 2. The third kappa shape index (κ3) is 5.89. The van der Waals surface area contributed by atoms with Gasteiger partial charge in [0.15, 0.2) is 17.5 Å². The van der Waals surface area contributed by atoms with Gasteiger partial charge in [0, 0.05) is 32.2 Å². The molecule has 0 spiro atoms. The number of guanidine groups is 1. The van der Waals surface area contributed by atoms with Crippen molar-refractivity contribution in [1.29, 1.82) is 0 Å². The van der Waals surface area contributed by atoms with Crippen LogP contribution in [-0.2, 0) is 37.3 Å². The lowest BCUT2D eigenvalue weighted by Crippen LogP contribution is -2.47. The fourth-order valence-corrected chi connectivity index (χ4v) is 2.94. The number of fused-ring (bicyclic) bond motifs is 1. The number of aromatic nitrogens is 4. The number of aryl methyl sites for hydroxylation is 2. The molecule has 9 nitrogen and oxygen atoms in total. The van der Waals surface area contributed by atoms with Gasteiger partial charge in [-0.3, -0.25) is 0 Å². The average Bonchev–Trinajstić information content (AvgIpc) is 3.26. The Kier molecular flexibility index (Phi) is 8.48. The first kappa shape index (κ1) is 21.6. The molecule has 3 heterocycles. The van der Waals surface area contributed by atoms with E-state index in [2.05, 4.69) is 37.8 Å². The Bertz CT molecular complexity index is 743. The predicted octanol–water partition coefficient (Wildman–Crippen LogP) is 1.66. The van der Waals surface area contributed by atoms with Crippen molar-refractivity contribution in [2.24, 2.45) is 4.99 Å². The zero-order valence-corrected chi connectivity index (χ0v) is 18.4. The van der Waals surface area contributed by atoms with E-state index in [0.29, 0.717) is 13.2 Å². The summed E-state index contributed by atoms with van der Waals surface area (Å²) in [4.78, 5) is 9.12. The highest BCUT2D eigenvalue weighted by Gasteiger charge is 2.22. The smallest absolute Gasteiger partial charge is 0.191 e. The Morgan fingerprint density at radius 3 is 3.00 bits per heavy atom. The molecular formula is C17H28IN7O2. The van der Waals surface area contributed by atoms with Gasteiger partial charge in [0.1, 0.15) is 19.0 Å². The van der Waals surface area contributed by atoms with E-state index < -0.39 is 0 Å². The van der Waals surface area contributed by atoms with E-state index in [-0.39, 0.29) is 30.0 Å². The van der Waals surface area contributed by atoms with E-state index in [9.17, 15) is 0 Å². The first-order valence-electron chi connectivity index (χ1n) is 9.12. The van der Waals surface area contributed by atoms with E-state index in [1.165, 1.54) is 0 Å². The molecule has 2 aromatic heterocycles. The van der Waals surface area contributed by atoms with Gasteiger partial charge >= 0.3 is 0 Å². The van der Waals surface area contributed by atoms with Crippen LogP contribution in [0.3, 0.4) is 0 Å². The molecule has 1 unspecified atom stereocenters. The standard InChI is InChI=1S/C17H27N7O2.HI/c1-4-12-8-14(26-23-12)9-19-17(18-5-2)20-13-6-7-16-21-15(11-25-3)22-24(16)10-13;/h8,13H,4-7,9-11H2,1-3H3,(H2,18,19,20);1H. The third-order valence-electron chi connectivity index (χ3n) is 4.22. The largest absolute Gasteiger partial charge is 0.377 e. The Balaban J connectivity index is 0.00000261. The maximum atomic E-state index is 5.30. The molecule has 0 aromatic carbocycles. The zero-order chi connectivity index (χ0) is 18.4. The van der Waals surface area contributed by atoms with Gasteiger partial charge < -0.3 is 19.9 Å². The number of nitrogens with one attached hydrogen (secondary N) is 2. The van der Waals surface area contributed by atoms with E-state index in [4.69, 9.17) is 9.26 Å². The van der Waals surface area contributed by atoms with Crippen LogP contribution in [0.15, 0.2) is 15.6 Å². The Hall–Kier alpha value is -1.69. The summed E-state index contributed by atoms with van der Waals surface area (Å²) in [5.41, 5.74) is 0.950. The van der Waals surface area contributed by atoms with Crippen LogP contribution in [0.1, 0.15) is 43.4 Å². The second-order valence-corrected chi connectivity index (χ2v) is 6.27. The zero-order valence-electron chi connectivity index (χ0n) is 16.1. The van der Waals surface area contributed by atoms with Crippen LogP contribution in [0.4, 0.5) is 0 Å². The summed E-state index contributed by atoms with van der Waals surface area (Å²) in [6.45, 7) is 6.56. The van der Waals surface area contributed by atoms with Gasteiger partial charge in [-0.1, -0.05) is 12.1 Å². The van der Waals surface area contributed by atoms with Gasteiger partial charge in [0.2, 0.25) is 0 Å². The van der Waals surface area contributed by atoms with E-state index >= 15 is 0 Å². The van der Waals surface area contributed by atoms with Gasteiger partial charge in [0.25, 0.3) is 0 Å². The monoisotopic (exact) mass is 489 g/mol. The predicted molar refractivity (Wildman–Crippen MR) is 112 cm³/mol. The molecule has 0 radical (unpaired) electrons. The molecule has 2 aromatic rings. The van der Waals surface area contributed by atoms with Crippen LogP contribution in [0.25, 0.3) is 0 Å². The van der Waals surface area contributed by atoms with Crippen molar-refractivity contribution in [3.63, 3.8) is 0 Å². The first-order chi connectivity index (χ1) is 12.7. The molecule has 2 N–H and O–H groups in total. The maximum absolute atomic E-state index is 5.30. The van der Waals surface area contributed by atoms with E-state index in [1.54, 1.807) is 7.11 Å². The summed E-state index contributed by atoms with van der Waals surface area (Å²) < 4.78 is 12.4. The quantitative estimate of drug-likeness (QED) is 0.347. The molecule has 0 saturated carbocycles. The molecule has 1 aliphatic rings. The Morgan fingerprint density at radius 2 is 2.30 bits per heavy atom. The number of hydrogen-bond acceptors (Lipinski definition) is 6. The number of aliphatic imine (C=N–C) groups is 1. The maximum Gasteiger partial charge on any atom is 0.191 e. The molecule has 0 saturated heterocycles. The molecule has 27 heavy (non-hydrogen) atoms. The molecule has 0 bridgehead atoms. The lowest BCUT2D eigenvalue weighted by molar-refractivity contribution is 0.177. The van der Waals surface area contributed by atoms with Crippen molar-refractivity contribution in [3.05, 3.63) is 29.2 Å². The van der Waals surface area contributed by atoms with E-state index in [0.717, 1.165) is 61.4 Å². The summed E-state index contributed by atoms with van der Waals surface area (Å²) in [6, 6.07) is 2.20. The lowest BCUT2D eigenvalue weighted by atomic mass is 10.1. The molecular weight excluding hydrogens is 461 g/mol. The third-order valence-corrected chi connectivity index (χ3v) is 4.22. The van der Waals surface area contributed by atoms with Crippen molar-refractivity contribution in [2.75, 3.05) is 13.7 Å². The number of halogens is 1. The number of rotatable bonds is 7. The molecule has 3 rings (SSSR count). The fraction of sp³-hybridized carbons (Fsp3) is 0.647. The molecule has 1 aliphatic heterocycles. The van der Waals surface area contributed by atoms with Gasteiger partial charge in [0.05, 0.1) is 12.2 Å². The van der Waals surface area contributed by atoms with Gasteiger partial charge in [-0.15, -0.1) is 24.0 Å². The van der Waals surface area contributed by atoms with E-state index in [1.807, 2.05) is 17.7 Å². The van der Waals surface area contributed by atoms with Crippen molar-refractivity contribution >= 4 is 29.9 Å². The summed E-state index contributed by atoms with van der Waals surface area (Å²) in [6.07, 6.45) is 2.73. The van der Waals surface area contributed by atoms with Crippen LogP contribution in [0.5, 0.6) is 0 Å². The summed E-state index contributed by atoms with van der Waals surface area (Å²) in [5.74, 6) is 3.30. The summed E-state index contributed by atoms with van der Waals surface area (Å²) >= 11 is 0. The second-order valence-electron chi connectivity index (χ2n) is 6.27. The van der Waals surface area contributed by atoms with Crippen LogP contribution >= 0.6 is 24.0 Å². The number of ether oxygens (including phenoxy) is 1. The van der Waals surface area contributed by atoms with Gasteiger partial charge in [-0.2, -0.15) is 5.10 Å². The van der Waals surface area contributed by atoms with Crippen LogP contribution in [0, 0.1) is 0 Å². The first-order valence-corrected chi connectivity index (χ1v) is 9.12. The Morgan fingerprint density at radius 1 is 1.44 bits per heavy atom. The molecule has 0 fully saturated rings. The summed E-state index contributed by atoms with van der Waals surface area (Å²) in [5, 5.41) is 15.3. The fourth-order valence-electron chi connectivity index (χ4n) is 2.94. The highest BCUT2D eigenvalue weighted by Crippen LogP contribution is 2.13. The molecule has 150 valence electrons. The van der Waals surface area contributed by atoms with Crippen LogP contribution in [-0.4, -0.2) is 45.6 Å². The highest BCUT2D eigenvalue weighted by molar-refractivity contribution is 14.0. The highest BCUT2D eigenvalue weighted by atomic mass is 127. The SMILES string of the molecule is CCNC(=NCc1cc(CC)no1)NC1CCc2nc(COC)nn2C1.I. The molecule has 10 heteroatoms. The number of nitrogens with zero attached hydrogens (tertiary/aromatic N) is 5. The van der Waals surface area contributed by atoms with Crippen LogP contribution in [0.2, 0.25) is 0 Å². The normalized spacial score (nSPS) is 16.6. The molecule has 1 atom stereocenters. The summed E-state index contributed by atoms with van der Waals surface area (Å²) in [7, 11) is 1.65.